The lowest BCUT2D eigenvalue weighted by Gasteiger charge is -2.15. The molecule has 0 spiro atoms. The number of hydrogen-bond donors (Lipinski definition) is 1. The van der Waals surface area contributed by atoms with Gasteiger partial charge in [-0.1, -0.05) is 41.9 Å². The van der Waals surface area contributed by atoms with Gasteiger partial charge in [-0.2, -0.15) is 5.10 Å². The zero-order valence-electron chi connectivity index (χ0n) is 11.5. The highest BCUT2D eigenvalue weighted by Crippen LogP contribution is 2.28. The molecule has 1 N–H and O–H groups in total. The van der Waals surface area contributed by atoms with Gasteiger partial charge in [0.05, 0.1) is 17.3 Å². The van der Waals surface area contributed by atoms with E-state index in [1.54, 1.807) is 0 Å². The van der Waals surface area contributed by atoms with Crippen LogP contribution in [0.15, 0.2) is 48.5 Å². The lowest BCUT2D eigenvalue weighted by atomic mass is 10.0. The molecule has 102 valence electrons. The number of benzene rings is 2. The standard InChI is InChI=1S/C16H16ClN3/c1-18-15(11-6-5-7-12(17)10-11)16-13-8-3-4-9-14(13)20(2)19-16/h3-10,15,18H,1-2H3. The zero-order chi connectivity index (χ0) is 14.1. The quantitative estimate of drug-likeness (QED) is 0.798. The van der Waals surface area contributed by atoms with E-state index < -0.39 is 0 Å². The van der Waals surface area contributed by atoms with E-state index in [-0.39, 0.29) is 6.04 Å². The van der Waals surface area contributed by atoms with Crippen LogP contribution in [0.4, 0.5) is 0 Å². The summed E-state index contributed by atoms with van der Waals surface area (Å²) in [5.74, 6) is 0. The third kappa shape index (κ3) is 2.19. The molecule has 0 saturated heterocycles. The molecule has 1 unspecified atom stereocenters. The molecule has 3 nitrogen and oxygen atoms in total. The summed E-state index contributed by atoms with van der Waals surface area (Å²) in [5.41, 5.74) is 3.27. The molecule has 0 aliphatic rings. The lowest BCUT2D eigenvalue weighted by Crippen LogP contribution is -2.18. The van der Waals surface area contributed by atoms with Gasteiger partial charge in [0.15, 0.2) is 0 Å². The highest BCUT2D eigenvalue weighted by atomic mass is 35.5. The second-order valence-electron chi connectivity index (χ2n) is 4.80. The van der Waals surface area contributed by atoms with Gasteiger partial charge in [-0.25, -0.2) is 0 Å². The molecule has 2 aromatic carbocycles. The second kappa shape index (κ2) is 5.27. The van der Waals surface area contributed by atoms with Gasteiger partial charge >= 0.3 is 0 Å². The molecule has 0 saturated carbocycles. The van der Waals surface area contributed by atoms with Gasteiger partial charge in [0.25, 0.3) is 0 Å². The molecule has 1 atom stereocenters. The van der Waals surface area contributed by atoms with Gasteiger partial charge in [0.2, 0.25) is 0 Å². The Kier molecular flexibility index (Phi) is 3.47. The molecule has 20 heavy (non-hydrogen) atoms. The minimum absolute atomic E-state index is 0.0276. The van der Waals surface area contributed by atoms with Gasteiger partial charge in [0, 0.05) is 17.5 Å². The molecule has 1 aromatic heterocycles. The Bertz CT molecular complexity index is 748. The number of aromatic nitrogens is 2. The van der Waals surface area contributed by atoms with Crippen molar-refractivity contribution in [3.8, 4) is 0 Å². The topological polar surface area (TPSA) is 29.9 Å². The minimum Gasteiger partial charge on any atom is -0.308 e. The van der Waals surface area contributed by atoms with Crippen molar-refractivity contribution in [2.45, 2.75) is 6.04 Å². The Hall–Kier alpha value is -1.84. The number of hydrogen-bond acceptors (Lipinski definition) is 2. The summed E-state index contributed by atoms with van der Waals surface area (Å²) < 4.78 is 1.92. The van der Waals surface area contributed by atoms with Gasteiger partial charge in [-0.15, -0.1) is 0 Å². The number of nitrogens with one attached hydrogen (secondary N) is 1. The van der Waals surface area contributed by atoms with Crippen molar-refractivity contribution in [1.29, 1.82) is 0 Å². The maximum atomic E-state index is 6.10. The van der Waals surface area contributed by atoms with Crippen molar-refractivity contribution in [3.63, 3.8) is 0 Å². The van der Waals surface area contributed by atoms with Crippen molar-refractivity contribution < 1.29 is 0 Å². The van der Waals surface area contributed by atoms with Crippen LogP contribution in [0.3, 0.4) is 0 Å². The first-order chi connectivity index (χ1) is 9.70. The molecule has 0 bridgehead atoms. The minimum atomic E-state index is 0.0276. The zero-order valence-corrected chi connectivity index (χ0v) is 12.2. The van der Waals surface area contributed by atoms with E-state index in [2.05, 4.69) is 28.6 Å². The van der Waals surface area contributed by atoms with E-state index in [1.165, 1.54) is 0 Å². The van der Waals surface area contributed by atoms with Crippen LogP contribution in [0.5, 0.6) is 0 Å². The maximum Gasteiger partial charge on any atom is 0.0917 e. The van der Waals surface area contributed by atoms with Crippen LogP contribution in [0.1, 0.15) is 17.3 Å². The summed E-state index contributed by atoms with van der Waals surface area (Å²) >= 11 is 6.10. The van der Waals surface area contributed by atoms with E-state index in [4.69, 9.17) is 11.6 Å². The molecule has 0 fully saturated rings. The van der Waals surface area contributed by atoms with Crippen LogP contribution >= 0.6 is 11.6 Å². The van der Waals surface area contributed by atoms with E-state index in [1.807, 2.05) is 49.1 Å². The molecular formula is C16H16ClN3. The Morgan fingerprint density at radius 3 is 2.70 bits per heavy atom. The first kappa shape index (κ1) is 13.2. The Labute approximate surface area is 123 Å². The van der Waals surface area contributed by atoms with Gasteiger partial charge < -0.3 is 5.32 Å². The summed E-state index contributed by atoms with van der Waals surface area (Å²) in [6, 6.07) is 16.2. The van der Waals surface area contributed by atoms with Crippen LogP contribution in [0.2, 0.25) is 5.02 Å². The Morgan fingerprint density at radius 1 is 1.15 bits per heavy atom. The highest BCUT2D eigenvalue weighted by molar-refractivity contribution is 6.30. The average Bonchev–Trinajstić information content (AvgIpc) is 2.78. The number of nitrogens with zero attached hydrogens (tertiary/aromatic N) is 2. The first-order valence-corrected chi connectivity index (χ1v) is 6.93. The van der Waals surface area contributed by atoms with E-state index in [9.17, 15) is 0 Å². The fourth-order valence-electron chi connectivity index (χ4n) is 2.60. The van der Waals surface area contributed by atoms with Crippen molar-refractivity contribution in [2.75, 3.05) is 7.05 Å². The molecule has 3 rings (SSSR count). The summed E-state index contributed by atoms with van der Waals surface area (Å²) in [7, 11) is 3.91. The number of rotatable bonds is 3. The third-order valence-corrected chi connectivity index (χ3v) is 3.77. The largest absolute Gasteiger partial charge is 0.308 e. The van der Waals surface area contributed by atoms with Crippen LogP contribution in [0.25, 0.3) is 10.9 Å². The monoisotopic (exact) mass is 285 g/mol. The smallest absolute Gasteiger partial charge is 0.0917 e. The molecule has 0 aliphatic carbocycles. The fraction of sp³-hybridized carbons (Fsp3) is 0.188. The summed E-state index contributed by atoms with van der Waals surface area (Å²) in [4.78, 5) is 0. The van der Waals surface area contributed by atoms with Crippen molar-refractivity contribution in [2.24, 2.45) is 7.05 Å². The summed E-state index contributed by atoms with van der Waals surface area (Å²) in [5, 5.41) is 9.91. The predicted octanol–water partition coefficient (Wildman–Crippen LogP) is 3.54. The second-order valence-corrected chi connectivity index (χ2v) is 5.24. The molecule has 0 aliphatic heterocycles. The SMILES string of the molecule is CNC(c1cccc(Cl)c1)c1nn(C)c2ccccc12. The van der Waals surface area contributed by atoms with Crippen LogP contribution < -0.4 is 5.32 Å². The normalized spacial score (nSPS) is 12.8. The maximum absolute atomic E-state index is 6.10. The molecule has 0 radical (unpaired) electrons. The van der Waals surface area contributed by atoms with Gasteiger partial charge in [-0.05, 0) is 30.8 Å². The average molecular weight is 286 g/mol. The van der Waals surface area contributed by atoms with Gasteiger partial charge in [-0.3, -0.25) is 4.68 Å². The Morgan fingerprint density at radius 2 is 1.95 bits per heavy atom. The van der Waals surface area contributed by atoms with Crippen molar-refractivity contribution >= 4 is 22.5 Å². The van der Waals surface area contributed by atoms with Crippen molar-refractivity contribution in [3.05, 3.63) is 64.8 Å². The highest BCUT2D eigenvalue weighted by Gasteiger charge is 2.19. The predicted molar refractivity (Wildman–Crippen MR) is 83.1 cm³/mol. The lowest BCUT2D eigenvalue weighted by molar-refractivity contribution is 0.648. The first-order valence-electron chi connectivity index (χ1n) is 6.55. The van der Waals surface area contributed by atoms with Crippen molar-refractivity contribution in [1.82, 2.24) is 15.1 Å². The van der Waals surface area contributed by atoms with E-state index in [0.29, 0.717) is 0 Å². The summed E-state index contributed by atoms with van der Waals surface area (Å²) in [6.45, 7) is 0. The van der Waals surface area contributed by atoms with Crippen LogP contribution in [-0.4, -0.2) is 16.8 Å². The molecule has 3 aromatic rings. The van der Waals surface area contributed by atoms with Crippen LogP contribution in [0, 0.1) is 0 Å². The molecular weight excluding hydrogens is 270 g/mol. The van der Waals surface area contributed by atoms with Gasteiger partial charge in [0.1, 0.15) is 0 Å². The Balaban J connectivity index is 2.17. The fourth-order valence-corrected chi connectivity index (χ4v) is 2.80. The third-order valence-electron chi connectivity index (χ3n) is 3.53. The number of fused-ring (bicyclic) bond motifs is 1. The number of para-hydroxylation sites is 1. The van der Waals surface area contributed by atoms with E-state index in [0.717, 1.165) is 27.2 Å². The van der Waals surface area contributed by atoms with E-state index >= 15 is 0 Å². The molecule has 1 heterocycles. The summed E-state index contributed by atoms with van der Waals surface area (Å²) in [6.07, 6.45) is 0. The van der Waals surface area contributed by atoms with Crippen LogP contribution in [-0.2, 0) is 7.05 Å². The number of halogens is 1. The number of aryl methyl sites for hydroxylation is 1. The molecule has 4 heteroatoms. The molecule has 0 amide bonds.